The van der Waals surface area contributed by atoms with Gasteiger partial charge in [0.2, 0.25) is 0 Å². The predicted molar refractivity (Wildman–Crippen MR) is 57.9 cm³/mol. The first-order valence-corrected chi connectivity index (χ1v) is 5.16. The fourth-order valence-electron chi connectivity index (χ4n) is 2.09. The number of carbonyl (C=O) groups is 1. The van der Waals surface area contributed by atoms with Crippen LogP contribution in [-0.4, -0.2) is 24.2 Å². The molecule has 4 heteroatoms. The highest BCUT2D eigenvalue weighted by Crippen LogP contribution is 2.28. The molecule has 1 aliphatic rings. The predicted octanol–water partition coefficient (Wildman–Crippen LogP) is 0.946. The molecule has 1 aliphatic heterocycles. The van der Waals surface area contributed by atoms with Gasteiger partial charge in [0.1, 0.15) is 0 Å². The minimum atomic E-state index is -0.764. The fourth-order valence-corrected chi connectivity index (χ4v) is 2.09. The van der Waals surface area contributed by atoms with Crippen LogP contribution in [0.2, 0.25) is 0 Å². The lowest BCUT2D eigenvalue weighted by atomic mass is 9.89. The molecule has 1 aromatic rings. The van der Waals surface area contributed by atoms with E-state index in [9.17, 15) is 4.79 Å². The Morgan fingerprint density at radius 2 is 2.06 bits per heavy atom. The van der Waals surface area contributed by atoms with Crippen LogP contribution in [0.4, 0.5) is 0 Å². The molecule has 0 aromatic heterocycles. The lowest BCUT2D eigenvalue weighted by Crippen LogP contribution is -2.20. The van der Waals surface area contributed by atoms with Crippen LogP contribution in [0, 0.1) is 17.2 Å². The molecule has 1 fully saturated rings. The summed E-state index contributed by atoms with van der Waals surface area (Å²) in [6, 6.07) is 9.18. The third-order valence-corrected chi connectivity index (χ3v) is 3.00. The monoisotopic (exact) mass is 216 g/mol. The highest BCUT2D eigenvalue weighted by Gasteiger charge is 2.33. The van der Waals surface area contributed by atoms with Gasteiger partial charge in [0.15, 0.2) is 0 Å². The van der Waals surface area contributed by atoms with Crippen LogP contribution in [0.25, 0.3) is 0 Å². The van der Waals surface area contributed by atoms with Crippen molar-refractivity contribution in [2.24, 2.45) is 5.92 Å². The second kappa shape index (κ2) is 4.33. The Bertz CT molecular complexity index is 433. The quantitative estimate of drug-likeness (QED) is 0.771. The Morgan fingerprint density at radius 3 is 2.62 bits per heavy atom. The summed E-state index contributed by atoms with van der Waals surface area (Å²) in [5.74, 6) is -1.13. The van der Waals surface area contributed by atoms with E-state index in [1.54, 1.807) is 12.1 Å². The summed E-state index contributed by atoms with van der Waals surface area (Å²) >= 11 is 0. The van der Waals surface area contributed by atoms with Gasteiger partial charge in [-0.15, -0.1) is 0 Å². The van der Waals surface area contributed by atoms with Crippen molar-refractivity contribution < 1.29 is 9.90 Å². The van der Waals surface area contributed by atoms with Crippen molar-refractivity contribution >= 4 is 5.97 Å². The molecule has 16 heavy (non-hydrogen) atoms. The molecular weight excluding hydrogens is 204 g/mol. The van der Waals surface area contributed by atoms with Crippen LogP contribution in [0.15, 0.2) is 24.3 Å². The molecule has 0 radical (unpaired) electrons. The van der Waals surface area contributed by atoms with Crippen molar-refractivity contribution in [1.82, 2.24) is 5.32 Å². The summed E-state index contributed by atoms with van der Waals surface area (Å²) in [6.07, 6.45) is 0. The molecule has 2 N–H and O–H groups in total. The summed E-state index contributed by atoms with van der Waals surface area (Å²) in [5, 5.41) is 20.8. The number of nitrogens with zero attached hydrogens (tertiary/aromatic N) is 1. The average Bonchev–Trinajstić information content (AvgIpc) is 2.78. The van der Waals surface area contributed by atoms with Crippen molar-refractivity contribution in [2.75, 3.05) is 13.1 Å². The molecule has 2 atom stereocenters. The summed E-state index contributed by atoms with van der Waals surface area (Å²) in [6.45, 7) is 1.20. The van der Waals surface area contributed by atoms with Gasteiger partial charge in [0, 0.05) is 19.0 Å². The van der Waals surface area contributed by atoms with E-state index >= 15 is 0 Å². The SMILES string of the molecule is N#Cc1ccc([C@H]2CNC[C@@H]2C(=O)O)cc1. The summed E-state index contributed by atoms with van der Waals surface area (Å²) in [4.78, 5) is 11.0. The maximum absolute atomic E-state index is 11.0. The van der Waals surface area contributed by atoms with E-state index in [1.807, 2.05) is 18.2 Å². The summed E-state index contributed by atoms with van der Waals surface area (Å²) in [7, 11) is 0. The molecule has 0 unspecified atom stereocenters. The fraction of sp³-hybridized carbons (Fsp3) is 0.333. The largest absolute Gasteiger partial charge is 0.481 e. The highest BCUT2D eigenvalue weighted by atomic mass is 16.4. The van der Waals surface area contributed by atoms with Gasteiger partial charge < -0.3 is 10.4 Å². The highest BCUT2D eigenvalue weighted by molar-refractivity contribution is 5.72. The number of nitriles is 1. The number of carboxylic acid groups (broad SMARTS) is 1. The molecule has 0 saturated carbocycles. The number of hydrogen-bond donors (Lipinski definition) is 2. The van der Waals surface area contributed by atoms with E-state index in [4.69, 9.17) is 10.4 Å². The van der Waals surface area contributed by atoms with Gasteiger partial charge in [0.25, 0.3) is 0 Å². The third-order valence-electron chi connectivity index (χ3n) is 3.00. The van der Waals surface area contributed by atoms with Crippen LogP contribution < -0.4 is 5.32 Å². The van der Waals surface area contributed by atoms with Crippen molar-refractivity contribution in [2.45, 2.75) is 5.92 Å². The molecule has 4 nitrogen and oxygen atoms in total. The molecule has 2 rings (SSSR count). The number of rotatable bonds is 2. The molecular formula is C12H12N2O2. The van der Waals surface area contributed by atoms with Crippen LogP contribution >= 0.6 is 0 Å². The molecule has 1 aromatic carbocycles. The second-order valence-electron chi connectivity index (χ2n) is 3.94. The Balaban J connectivity index is 2.23. The Morgan fingerprint density at radius 1 is 1.38 bits per heavy atom. The van der Waals surface area contributed by atoms with Crippen molar-refractivity contribution in [3.63, 3.8) is 0 Å². The maximum Gasteiger partial charge on any atom is 0.308 e. The minimum Gasteiger partial charge on any atom is -0.481 e. The van der Waals surface area contributed by atoms with Crippen molar-refractivity contribution in [1.29, 1.82) is 5.26 Å². The molecule has 82 valence electrons. The van der Waals surface area contributed by atoms with E-state index in [0.29, 0.717) is 18.7 Å². The normalized spacial score (nSPS) is 23.9. The number of aliphatic carboxylic acids is 1. The van der Waals surface area contributed by atoms with Crippen LogP contribution in [0.1, 0.15) is 17.0 Å². The first kappa shape index (κ1) is 10.7. The van der Waals surface area contributed by atoms with Gasteiger partial charge in [-0.1, -0.05) is 12.1 Å². The van der Waals surface area contributed by atoms with Crippen LogP contribution in [0.3, 0.4) is 0 Å². The topological polar surface area (TPSA) is 73.1 Å². The van der Waals surface area contributed by atoms with Gasteiger partial charge in [0.05, 0.1) is 17.6 Å². The number of carboxylic acids is 1. The molecule has 0 amide bonds. The second-order valence-corrected chi connectivity index (χ2v) is 3.94. The zero-order chi connectivity index (χ0) is 11.5. The number of hydrogen-bond acceptors (Lipinski definition) is 3. The van der Waals surface area contributed by atoms with Gasteiger partial charge in [-0.25, -0.2) is 0 Å². The van der Waals surface area contributed by atoms with Gasteiger partial charge in [-0.05, 0) is 17.7 Å². The van der Waals surface area contributed by atoms with E-state index in [2.05, 4.69) is 5.32 Å². The third kappa shape index (κ3) is 1.90. The van der Waals surface area contributed by atoms with Crippen LogP contribution in [-0.2, 0) is 4.79 Å². The van der Waals surface area contributed by atoms with Crippen molar-refractivity contribution in [3.8, 4) is 6.07 Å². The summed E-state index contributed by atoms with van der Waals surface area (Å²) < 4.78 is 0. The number of nitrogens with one attached hydrogen (secondary N) is 1. The lowest BCUT2D eigenvalue weighted by Gasteiger charge is -2.14. The molecule has 1 saturated heterocycles. The van der Waals surface area contributed by atoms with E-state index in [0.717, 1.165) is 5.56 Å². The zero-order valence-corrected chi connectivity index (χ0v) is 8.68. The van der Waals surface area contributed by atoms with Crippen LogP contribution in [0.5, 0.6) is 0 Å². The Kier molecular flexibility index (Phi) is 2.88. The van der Waals surface area contributed by atoms with Crippen molar-refractivity contribution in [3.05, 3.63) is 35.4 Å². The zero-order valence-electron chi connectivity index (χ0n) is 8.68. The lowest BCUT2D eigenvalue weighted by molar-refractivity contribution is -0.141. The van der Waals surface area contributed by atoms with E-state index in [1.165, 1.54) is 0 Å². The molecule has 0 spiro atoms. The minimum absolute atomic E-state index is 0.00485. The molecule has 0 bridgehead atoms. The van der Waals surface area contributed by atoms with Gasteiger partial charge in [-0.3, -0.25) is 4.79 Å². The maximum atomic E-state index is 11.0. The average molecular weight is 216 g/mol. The summed E-state index contributed by atoms with van der Waals surface area (Å²) in [5.41, 5.74) is 1.58. The van der Waals surface area contributed by atoms with E-state index < -0.39 is 5.97 Å². The first-order chi connectivity index (χ1) is 7.72. The first-order valence-electron chi connectivity index (χ1n) is 5.16. The molecule has 1 heterocycles. The van der Waals surface area contributed by atoms with Gasteiger partial charge >= 0.3 is 5.97 Å². The smallest absolute Gasteiger partial charge is 0.308 e. The van der Waals surface area contributed by atoms with E-state index in [-0.39, 0.29) is 11.8 Å². The molecule has 0 aliphatic carbocycles. The Hall–Kier alpha value is -1.86. The van der Waals surface area contributed by atoms with Gasteiger partial charge in [-0.2, -0.15) is 5.26 Å². The Labute approximate surface area is 93.5 Å². The number of benzene rings is 1. The standard InChI is InChI=1S/C12H12N2O2/c13-5-8-1-3-9(4-2-8)10-6-14-7-11(10)12(15)16/h1-4,10-11,14H,6-7H2,(H,15,16)/t10-,11+/m1/s1.